The summed E-state index contributed by atoms with van der Waals surface area (Å²) in [6.07, 6.45) is 2.98. The van der Waals surface area contributed by atoms with Crippen molar-refractivity contribution < 1.29 is 0 Å². The van der Waals surface area contributed by atoms with Crippen LogP contribution in [0.15, 0.2) is 34.9 Å². The number of halogens is 1. The van der Waals surface area contributed by atoms with Crippen molar-refractivity contribution >= 4 is 32.5 Å². The predicted octanol–water partition coefficient (Wildman–Crippen LogP) is 3.36. The highest BCUT2D eigenvalue weighted by molar-refractivity contribution is 9.10. The summed E-state index contributed by atoms with van der Waals surface area (Å²) in [5, 5.41) is 4.65. The highest BCUT2D eigenvalue weighted by atomic mass is 79.9. The molecule has 0 aliphatic rings. The van der Waals surface area contributed by atoms with Gasteiger partial charge in [0.1, 0.15) is 0 Å². The van der Waals surface area contributed by atoms with Crippen molar-refractivity contribution in [2.45, 2.75) is 6.42 Å². The van der Waals surface area contributed by atoms with E-state index < -0.39 is 0 Å². The Bertz CT molecular complexity index is 525. The van der Waals surface area contributed by atoms with Gasteiger partial charge in [0.2, 0.25) is 0 Å². The number of nitrogens with one attached hydrogen (secondary N) is 1. The second-order valence-electron chi connectivity index (χ2n) is 4.60. The zero-order chi connectivity index (χ0) is 13.0. The normalized spacial score (nSPS) is 11.1. The third-order valence-electron chi connectivity index (χ3n) is 2.80. The Balaban J connectivity index is 2.10. The maximum absolute atomic E-state index is 4.37. The fourth-order valence-corrected chi connectivity index (χ4v) is 2.25. The Morgan fingerprint density at radius 2 is 2.11 bits per heavy atom. The number of anilines is 1. The van der Waals surface area contributed by atoms with Gasteiger partial charge in [0.05, 0.1) is 5.52 Å². The zero-order valence-electron chi connectivity index (χ0n) is 10.8. The van der Waals surface area contributed by atoms with Crippen LogP contribution in [0.3, 0.4) is 0 Å². The Kier molecular flexibility index (Phi) is 4.55. The van der Waals surface area contributed by atoms with Gasteiger partial charge in [0, 0.05) is 28.3 Å². The number of rotatable bonds is 5. The molecule has 2 aromatic rings. The maximum Gasteiger partial charge on any atom is 0.0723 e. The summed E-state index contributed by atoms with van der Waals surface area (Å²) in [4.78, 5) is 6.57. The number of aromatic nitrogens is 1. The lowest BCUT2D eigenvalue weighted by Crippen LogP contribution is -2.16. The van der Waals surface area contributed by atoms with Gasteiger partial charge < -0.3 is 10.2 Å². The molecule has 4 heteroatoms. The molecule has 0 spiro atoms. The molecule has 0 aliphatic heterocycles. The third kappa shape index (κ3) is 3.43. The van der Waals surface area contributed by atoms with Gasteiger partial charge in [-0.05, 0) is 51.3 Å². The molecule has 0 aliphatic carbocycles. The Morgan fingerprint density at radius 3 is 2.89 bits per heavy atom. The van der Waals surface area contributed by atoms with Crippen LogP contribution in [0, 0.1) is 0 Å². The number of hydrogen-bond donors (Lipinski definition) is 1. The largest absolute Gasteiger partial charge is 0.384 e. The molecule has 0 atom stereocenters. The first-order chi connectivity index (χ1) is 8.66. The monoisotopic (exact) mass is 307 g/mol. The van der Waals surface area contributed by atoms with Crippen molar-refractivity contribution in [1.29, 1.82) is 0 Å². The Hall–Kier alpha value is -1.13. The lowest BCUT2D eigenvalue weighted by Gasteiger charge is -2.12. The van der Waals surface area contributed by atoms with E-state index in [0.717, 1.165) is 40.6 Å². The van der Waals surface area contributed by atoms with Crippen molar-refractivity contribution in [3.8, 4) is 0 Å². The van der Waals surface area contributed by atoms with Crippen LogP contribution in [0.1, 0.15) is 6.42 Å². The van der Waals surface area contributed by atoms with Crippen LogP contribution in [-0.2, 0) is 0 Å². The molecule has 1 aromatic carbocycles. The van der Waals surface area contributed by atoms with Crippen LogP contribution in [0.4, 0.5) is 5.69 Å². The molecule has 0 amide bonds. The van der Waals surface area contributed by atoms with Crippen molar-refractivity contribution in [2.75, 3.05) is 32.5 Å². The van der Waals surface area contributed by atoms with Gasteiger partial charge in [0.15, 0.2) is 0 Å². The average molecular weight is 308 g/mol. The van der Waals surface area contributed by atoms with Crippen LogP contribution >= 0.6 is 15.9 Å². The van der Waals surface area contributed by atoms with Gasteiger partial charge in [-0.3, -0.25) is 4.98 Å². The van der Waals surface area contributed by atoms with Crippen LogP contribution < -0.4 is 5.32 Å². The molecule has 0 saturated carbocycles. The van der Waals surface area contributed by atoms with E-state index in [-0.39, 0.29) is 0 Å². The number of nitrogens with zero attached hydrogens (tertiary/aromatic N) is 2. The molecule has 1 heterocycles. The fraction of sp³-hybridized carbons (Fsp3) is 0.357. The van der Waals surface area contributed by atoms with Crippen LogP contribution in [0.5, 0.6) is 0 Å². The third-order valence-corrected chi connectivity index (χ3v) is 3.29. The van der Waals surface area contributed by atoms with Gasteiger partial charge in [-0.2, -0.15) is 0 Å². The van der Waals surface area contributed by atoms with E-state index in [1.807, 2.05) is 24.4 Å². The quantitative estimate of drug-likeness (QED) is 0.859. The lowest BCUT2D eigenvalue weighted by atomic mass is 10.2. The van der Waals surface area contributed by atoms with Gasteiger partial charge in [0.25, 0.3) is 0 Å². The smallest absolute Gasteiger partial charge is 0.0723 e. The van der Waals surface area contributed by atoms with Crippen LogP contribution in [0.25, 0.3) is 10.9 Å². The summed E-state index contributed by atoms with van der Waals surface area (Å²) >= 11 is 3.51. The summed E-state index contributed by atoms with van der Waals surface area (Å²) in [5.41, 5.74) is 2.18. The summed E-state index contributed by atoms with van der Waals surface area (Å²) in [6, 6.07) is 8.19. The molecule has 0 saturated heterocycles. The van der Waals surface area contributed by atoms with Crippen LogP contribution in [-0.4, -0.2) is 37.1 Å². The van der Waals surface area contributed by atoms with E-state index in [2.05, 4.69) is 51.3 Å². The van der Waals surface area contributed by atoms with E-state index in [1.165, 1.54) is 0 Å². The van der Waals surface area contributed by atoms with Crippen LogP contribution in [0.2, 0.25) is 0 Å². The SMILES string of the molecule is CN(C)CCCNc1ccnc2ccc(Br)cc12. The highest BCUT2D eigenvalue weighted by Crippen LogP contribution is 2.24. The van der Waals surface area contributed by atoms with E-state index in [4.69, 9.17) is 0 Å². The fourth-order valence-electron chi connectivity index (χ4n) is 1.89. The summed E-state index contributed by atoms with van der Waals surface area (Å²) in [6.45, 7) is 2.07. The first-order valence-corrected chi connectivity index (χ1v) is 6.89. The number of hydrogen-bond acceptors (Lipinski definition) is 3. The molecule has 1 N–H and O–H groups in total. The molecule has 1 aromatic heterocycles. The van der Waals surface area contributed by atoms with Crippen molar-refractivity contribution in [2.24, 2.45) is 0 Å². The predicted molar refractivity (Wildman–Crippen MR) is 81.1 cm³/mol. The van der Waals surface area contributed by atoms with Gasteiger partial charge in [-0.25, -0.2) is 0 Å². The molecule has 3 nitrogen and oxygen atoms in total. The Morgan fingerprint density at radius 1 is 1.28 bits per heavy atom. The zero-order valence-corrected chi connectivity index (χ0v) is 12.4. The minimum atomic E-state index is 0.976. The maximum atomic E-state index is 4.37. The van der Waals surface area contributed by atoms with E-state index in [1.54, 1.807) is 0 Å². The lowest BCUT2D eigenvalue weighted by molar-refractivity contribution is 0.405. The topological polar surface area (TPSA) is 28.2 Å². The van der Waals surface area contributed by atoms with Crippen molar-refractivity contribution in [1.82, 2.24) is 9.88 Å². The molecule has 2 rings (SSSR count). The van der Waals surface area contributed by atoms with Gasteiger partial charge >= 0.3 is 0 Å². The van der Waals surface area contributed by atoms with Gasteiger partial charge in [-0.15, -0.1) is 0 Å². The minimum absolute atomic E-state index is 0.976. The molecular formula is C14H18BrN3. The first kappa shape index (κ1) is 13.3. The molecule has 0 radical (unpaired) electrons. The highest BCUT2D eigenvalue weighted by Gasteiger charge is 2.02. The number of fused-ring (bicyclic) bond motifs is 1. The summed E-state index contributed by atoms with van der Waals surface area (Å²) in [7, 11) is 4.19. The second kappa shape index (κ2) is 6.16. The van der Waals surface area contributed by atoms with E-state index in [9.17, 15) is 0 Å². The molecule has 0 fully saturated rings. The molecule has 0 bridgehead atoms. The number of pyridine rings is 1. The minimum Gasteiger partial charge on any atom is -0.384 e. The molecule has 18 heavy (non-hydrogen) atoms. The average Bonchev–Trinajstić information content (AvgIpc) is 2.34. The molecule has 96 valence electrons. The summed E-state index contributed by atoms with van der Waals surface area (Å²) < 4.78 is 1.08. The van der Waals surface area contributed by atoms with E-state index >= 15 is 0 Å². The van der Waals surface area contributed by atoms with Gasteiger partial charge in [-0.1, -0.05) is 15.9 Å². The standard InChI is InChI=1S/C14H18BrN3/c1-18(2)9-3-7-16-14-6-8-17-13-5-4-11(15)10-12(13)14/h4-6,8,10H,3,7,9H2,1-2H3,(H,16,17). The number of benzene rings is 1. The molecular weight excluding hydrogens is 290 g/mol. The second-order valence-corrected chi connectivity index (χ2v) is 5.52. The van der Waals surface area contributed by atoms with Crippen molar-refractivity contribution in [3.63, 3.8) is 0 Å². The first-order valence-electron chi connectivity index (χ1n) is 6.10. The van der Waals surface area contributed by atoms with E-state index in [0.29, 0.717) is 0 Å². The Labute approximate surface area is 116 Å². The summed E-state index contributed by atoms with van der Waals surface area (Å²) in [5.74, 6) is 0. The van der Waals surface area contributed by atoms with Crippen molar-refractivity contribution in [3.05, 3.63) is 34.9 Å². The molecule has 0 unspecified atom stereocenters.